The normalized spacial score (nSPS) is 18.4. The van der Waals surface area contributed by atoms with Crippen LogP contribution in [0.2, 0.25) is 0 Å². The zero-order chi connectivity index (χ0) is 11.1. The number of halogens is 1. The molecule has 1 N–H and O–H groups in total. The summed E-state index contributed by atoms with van der Waals surface area (Å²) < 4.78 is 7.16. The van der Waals surface area contributed by atoms with Gasteiger partial charge in [0.05, 0.1) is 0 Å². The highest BCUT2D eigenvalue weighted by atomic mass is 79.9. The lowest BCUT2D eigenvalue weighted by Gasteiger charge is -2.39. The topological polar surface area (TPSA) is 21.3 Å². The lowest BCUT2D eigenvalue weighted by molar-refractivity contribution is 0.0341. The number of hydrogen-bond acceptors (Lipinski definition) is 2. The van der Waals surface area contributed by atoms with Gasteiger partial charge < -0.3 is 10.1 Å². The second kappa shape index (κ2) is 3.80. The van der Waals surface area contributed by atoms with Crippen molar-refractivity contribution in [1.29, 1.82) is 0 Å². The smallest absolute Gasteiger partial charge is 0.131 e. The van der Waals surface area contributed by atoms with Crippen LogP contribution in [0.25, 0.3) is 0 Å². The molecule has 0 unspecified atom stereocenters. The van der Waals surface area contributed by atoms with Crippen LogP contribution in [0, 0.1) is 13.8 Å². The van der Waals surface area contributed by atoms with Crippen molar-refractivity contribution in [3.8, 4) is 5.75 Å². The summed E-state index contributed by atoms with van der Waals surface area (Å²) >= 11 is 3.58. The molecule has 0 atom stereocenters. The standard InChI is InChI=1S/C12H16BrNO/c1-8-4-5-10(9(2)11(8)13)15-12(3)6-14-7-12/h4-5,14H,6-7H2,1-3H3. The van der Waals surface area contributed by atoms with Crippen molar-refractivity contribution >= 4 is 15.9 Å². The highest BCUT2D eigenvalue weighted by molar-refractivity contribution is 9.10. The number of rotatable bonds is 2. The highest BCUT2D eigenvalue weighted by Crippen LogP contribution is 2.32. The van der Waals surface area contributed by atoms with Crippen molar-refractivity contribution in [2.45, 2.75) is 26.4 Å². The number of hydrogen-bond donors (Lipinski definition) is 1. The third-order valence-electron chi connectivity index (χ3n) is 2.88. The molecule has 3 heteroatoms. The van der Waals surface area contributed by atoms with Crippen LogP contribution in [-0.2, 0) is 0 Å². The molecule has 1 aliphatic heterocycles. The number of benzene rings is 1. The molecule has 0 spiro atoms. The summed E-state index contributed by atoms with van der Waals surface area (Å²) in [4.78, 5) is 0. The van der Waals surface area contributed by atoms with Crippen molar-refractivity contribution in [2.75, 3.05) is 13.1 Å². The molecule has 1 saturated heterocycles. The summed E-state index contributed by atoms with van der Waals surface area (Å²) in [6.45, 7) is 8.17. The second-order valence-corrected chi connectivity index (χ2v) is 5.27. The van der Waals surface area contributed by atoms with Gasteiger partial charge in [-0.2, -0.15) is 0 Å². The Morgan fingerprint density at radius 1 is 1.33 bits per heavy atom. The second-order valence-electron chi connectivity index (χ2n) is 4.48. The van der Waals surface area contributed by atoms with E-state index in [9.17, 15) is 0 Å². The van der Waals surface area contributed by atoms with E-state index in [0.717, 1.165) is 23.3 Å². The van der Waals surface area contributed by atoms with Gasteiger partial charge in [-0.15, -0.1) is 0 Å². The first kappa shape index (κ1) is 11.0. The van der Waals surface area contributed by atoms with E-state index in [0.29, 0.717) is 0 Å². The molecular formula is C12H16BrNO. The molecule has 2 nitrogen and oxygen atoms in total. The van der Waals surface area contributed by atoms with Crippen LogP contribution < -0.4 is 10.1 Å². The van der Waals surface area contributed by atoms with Crippen LogP contribution in [0.3, 0.4) is 0 Å². The molecule has 15 heavy (non-hydrogen) atoms. The van der Waals surface area contributed by atoms with Crippen molar-refractivity contribution in [1.82, 2.24) is 5.32 Å². The molecule has 1 fully saturated rings. The molecule has 2 rings (SSSR count). The van der Waals surface area contributed by atoms with Gasteiger partial charge >= 0.3 is 0 Å². The Balaban J connectivity index is 2.25. The average Bonchev–Trinajstić information content (AvgIpc) is 2.17. The molecule has 1 aromatic carbocycles. The summed E-state index contributed by atoms with van der Waals surface area (Å²) in [6, 6.07) is 4.14. The summed E-state index contributed by atoms with van der Waals surface area (Å²) in [5.41, 5.74) is 2.40. The quantitative estimate of drug-likeness (QED) is 0.892. The van der Waals surface area contributed by atoms with Gasteiger partial charge in [0.1, 0.15) is 11.4 Å². The predicted molar refractivity (Wildman–Crippen MR) is 65.5 cm³/mol. The van der Waals surface area contributed by atoms with Gasteiger partial charge in [0.15, 0.2) is 0 Å². The van der Waals surface area contributed by atoms with Gasteiger partial charge in [0.2, 0.25) is 0 Å². The van der Waals surface area contributed by atoms with Crippen LogP contribution in [0.1, 0.15) is 18.1 Å². The van der Waals surface area contributed by atoms with Crippen LogP contribution >= 0.6 is 15.9 Å². The van der Waals surface area contributed by atoms with Gasteiger partial charge in [-0.3, -0.25) is 0 Å². The summed E-state index contributed by atoms with van der Waals surface area (Å²) in [6.07, 6.45) is 0. The molecule has 0 amide bonds. The van der Waals surface area contributed by atoms with E-state index < -0.39 is 0 Å². The first-order chi connectivity index (χ1) is 7.02. The maximum absolute atomic E-state index is 6.01. The van der Waals surface area contributed by atoms with E-state index in [1.54, 1.807) is 0 Å². The van der Waals surface area contributed by atoms with Crippen LogP contribution in [0.4, 0.5) is 0 Å². The fourth-order valence-corrected chi connectivity index (χ4v) is 2.06. The minimum absolute atomic E-state index is 0.0283. The monoisotopic (exact) mass is 269 g/mol. The Morgan fingerprint density at radius 3 is 2.53 bits per heavy atom. The molecule has 82 valence electrons. The fraction of sp³-hybridized carbons (Fsp3) is 0.500. The third-order valence-corrected chi connectivity index (χ3v) is 4.10. The third kappa shape index (κ3) is 2.04. The van der Waals surface area contributed by atoms with Gasteiger partial charge in [-0.25, -0.2) is 0 Å². The fourth-order valence-electron chi connectivity index (χ4n) is 1.73. The number of aryl methyl sites for hydroxylation is 1. The molecule has 1 aromatic rings. The SMILES string of the molecule is Cc1ccc(OC2(C)CNC2)c(C)c1Br. The largest absolute Gasteiger partial charge is 0.485 e. The van der Waals surface area contributed by atoms with E-state index in [1.807, 2.05) is 0 Å². The maximum Gasteiger partial charge on any atom is 0.131 e. The van der Waals surface area contributed by atoms with E-state index in [1.165, 1.54) is 11.1 Å². The first-order valence-electron chi connectivity index (χ1n) is 5.17. The Labute approximate surface area is 99.1 Å². The number of nitrogens with one attached hydrogen (secondary N) is 1. The van der Waals surface area contributed by atoms with Crippen LogP contribution in [0.5, 0.6) is 5.75 Å². The van der Waals surface area contributed by atoms with Gasteiger partial charge in [-0.1, -0.05) is 22.0 Å². The molecule has 0 saturated carbocycles. The van der Waals surface area contributed by atoms with E-state index in [2.05, 4.69) is 54.2 Å². The lowest BCUT2D eigenvalue weighted by atomic mass is 9.99. The van der Waals surface area contributed by atoms with Gasteiger partial charge in [-0.05, 0) is 32.4 Å². The molecule has 0 bridgehead atoms. The lowest BCUT2D eigenvalue weighted by Crippen LogP contribution is -2.61. The molecular weight excluding hydrogens is 254 g/mol. The van der Waals surface area contributed by atoms with E-state index in [-0.39, 0.29) is 5.60 Å². The van der Waals surface area contributed by atoms with Gasteiger partial charge in [0.25, 0.3) is 0 Å². The van der Waals surface area contributed by atoms with Crippen LogP contribution in [0.15, 0.2) is 16.6 Å². The Hall–Kier alpha value is -0.540. The Kier molecular flexibility index (Phi) is 2.77. The molecule has 0 radical (unpaired) electrons. The molecule has 0 aliphatic carbocycles. The van der Waals surface area contributed by atoms with Crippen molar-refractivity contribution in [3.63, 3.8) is 0 Å². The van der Waals surface area contributed by atoms with E-state index >= 15 is 0 Å². The Morgan fingerprint density at radius 2 is 2.00 bits per heavy atom. The first-order valence-corrected chi connectivity index (χ1v) is 5.97. The predicted octanol–water partition coefficient (Wildman–Crippen LogP) is 2.81. The van der Waals surface area contributed by atoms with Gasteiger partial charge in [0, 0.05) is 23.1 Å². The minimum Gasteiger partial charge on any atom is -0.485 e. The zero-order valence-corrected chi connectivity index (χ0v) is 10.9. The highest BCUT2D eigenvalue weighted by Gasteiger charge is 2.34. The van der Waals surface area contributed by atoms with E-state index in [4.69, 9.17) is 4.74 Å². The zero-order valence-electron chi connectivity index (χ0n) is 9.36. The average molecular weight is 270 g/mol. The molecule has 1 aliphatic rings. The molecule has 1 heterocycles. The summed E-state index contributed by atoms with van der Waals surface area (Å²) in [5.74, 6) is 0.983. The summed E-state index contributed by atoms with van der Waals surface area (Å²) in [5, 5.41) is 3.23. The molecule has 0 aromatic heterocycles. The Bertz CT molecular complexity index is 385. The maximum atomic E-state index is 6.01. The number of ether oxygens (including phenoxy) is 1. The minimum atomic E-state index is -0.0283. The van der Waals surface area contributed by atoms with Crippen LogP contribution in [-0.4, -0.2) is 18.7 Å². The van der Waals surface area contributed by atoms with Crippen molar-refractivity contribution in [3.05, 3.63) is 27.7 Å². The summed E-state index contributed by atoms with van der Waals surface area (Å²) in [7, 11) is 0. The van der Waals surface area contributed by atoms with Crippen molar-refractivity contribution < 1.29 is 4.74 Å². The van der Waals surface area contributed by atoms with Crippen molar-refractivity contribution in [2.24, 2.45) is 0 Å².